The van der Waals surface area contributed by atoms with Crippen molar-refractivity contribution in [2.45, 2.75) is 58.0 Å². The van der Waals surface area contributed by atoms with Gasteiger partial charge in [-0.25, -0.2) is 9.78 Å². The number of ether oxygens (including phenoxy) is 1. The van der Waals surface area contributed by atoms with Gasteiger partial charge in [0.05, 0.1) is 11.8 Å². The quantitative estimate of drug-likeness (QED) is 0.574. The van der Waals surface area contributed by atoms with Gasteiger partial charge >= 0.3 is 5.97 Å². The first-order valence-corrected chi connectivity index (χ1v) is 8.29. The van der Waals surface area contributed by atoms with Crippen LogP contribution in [0.15, 0.2) is 24.3 Å². The molecule has 128 valence electrons. The Morgan fingerprint density at radius 2 is 2.00 bits per heavy atom. The Balaban J connectivity index is 2.32. The van der Waals surface area contributed by atoms with Gasteiger partial charge in [0.2, 0.25) is 5.88 Å². The van der Waals surface area contributed by atoms with Crippen molar-refractivity contribution in [3.63, 3.8) is 0 Å². The highest BCUT2D eigenvalue weighted by atomic mass is 16.5. The second kappa shape index (κ2) is 11.7. The molecule has 0 saturated carbocycles. The van der Waals surface area contributed by atoms with E-state index in [0.29, 0.717) is 5.69 Å². The number of carbonyl (C=O) groups is 1. The van der Waals surface area contributed by atoms with E-state index >= 15 is 0 Å². The fourth-order valence-corrected chi connectivity index (χ4v) is 2.18. The average Bonchev–Trinajstić information content (AvgIpc) is 2.54. The SMILES string of the molecule is CCCCCCCCC(O)/C=C/c1cccc(OCC(=O)O)n1. The van der Waals surface area contributed by atoms with Crippen molar-refractivity contribution in [3.05, 3.63) is 30.0 Å². The van der Waals surface area contributed by atoms with E-state index in [4.69, 9.17) is 9.84 Å². The van der Waals surface area contributed by atoms with Crippen molar-refractivity contribution in [1.29, 1.82) is 0 Å². The number of nitrogens with zero attached hydrogens (tertiary/aromatic N) is 1. The molecule has 2 N–H and O–H groups in total. The summed E-state index contributed by atoms with van der Waals surface area (Å²) in [5, 5.41) is 18.5. The van der Waals surface area contributed by atoms with Gasteiger partial charge in [0.15, 0.2) is 6.61 Å². The molecule has 0 radical (unpaired) electrons. The van der Waals surface area contributed by atoms with E-state index in [9.17, 15) is 9.90 Å². The van der Waals surface area contributed by atoms with Crippen LogP contribution < -0.4 is 4.74 Å². The molecule has 0 amide bonds. The van der Waals surface area contributed by atoms with Gasteiger partial charge in [0, 0.05) is 6.07 Å². The van der Waals surface area contributed by atoms with Gasteiger partial charge in [0.1, 0.15) is 0 Å². The second-order valence-corrected chi connectivity index (χ2v) is 5.57. The fourth-order valence-electron chi connectivity index (χ4n) is 2.18. The summed E-state index contributed by atoms with van der Waals surface area (Å²) in [6.07, 6.45) is 10.9. The van der Waals surface area contributed by atoms with Crippen molar-refractivity contribution >= 4 is 12.0 Å². The molecule has 0 aliphatic heterocycles. The molecule has 0 aliphatic carbocycles. The third-order valence-electron chi connectivity index (χ3n) is 3.43. The van der Waals surface area contributed by atoms with Crippen LogP contribution in [0.2, 0.25) is 0 Å². The van der Waals surface area contributed by atoms with Crippen molar-refractivity contribution in [3.8, 4) is 5.88 Å². The summed E-state index contributed by atoms with van der Waals surface area (Å²) in [5.74, 6) is -0.776. The van der Waals surface area contributed by atoms with Crippen LogP contribution in [0.1, 0.15) is 57.6 Å². The summed E-state index contributed by atoms with van der Waals surface area (Å²) < 4.78 is 5.02. The van der Waals surface area contributed by atoms with Gasteiger partial charge in [-0.2, -0.15) is 0 Å². The van der Waals surface area contributed by atoms with Gasteiger partial charge in [-0.3, -0.25) is 0 Å². The maximum Gasteiger partial charge on any atom is 0.341 e. The van der Waals surface area contributed by atoms with Gasteiger partial charge in [-0.05, 0) is 18.6 Å². The first-order chi connectivity index (χ1) is 11.1. The molecule has 0 bridgehead atoms. The lowest BCUT2D eigenvalue weighted by molar-refractivity contribution is -0.139. The molecule has 0 fully saturated rings. The van der Waals surface area contributed by atoms with Crippen molar-refractivity contribution in [1.82, 2.24) is 4.98 Å². The number of aliphatic carboxylic acids is 1. The monoisotopic (exact) mass is 321 g/mol. The Bertz CT molecular complexity index is 488. The smallest absolute Gasteiger partial charge is 0.341 e. The minimum atomic E-state index is -1.04. The molecule has 1 rings (SSSR count). The molecule has 0 saturated heterocycles. The molecular weight excluding hydrogens is 294 g/mol. The van der Waals surface area contributed by atoms with Gasteiger partial charge < -0.3 is 14.9 Å². The minimum Gasteiger partial charge on any atom is -0.479 e. The number of carboxylic acids is 1. The van der Waals surface area contributed by atoms with Crippen LogP contribution in [0.25, 0.3) is 6.08 Å². The lowest BCUT2D eigenvalue weighted by Crippen LogP contribution is -2.10. The number of carboxylic acid groups (broad SMARTS) is 1. The number of aliphatic hydroxyl groups excluding tert-OH is 1. The molecular formula is C18H27NO4. The van der Waals surface area contributed by atoms with E-state index in [1.54, 1.807) is 30.4 Å². The molecule has 23 heavy (non-hydrogen) atoms. The number of aliphatic hydroxyl groups is 1. The van der Waals surface area contributed by atoms with E-state index in [2.05, 4.69) is 11.9 Å². The Kier molecular flexibility index (Phi) is 9.71. The number of hydrogen-bond donors (Lipinski definition) is 2. The molecule has 0 aromatic carbocycles. The molecule has 1 aromatic rings. The van der Waals surface area contributed by atoms with Crippen molar-refractivity contribution in [2.75, 3.05) is 6.61 Å². The van der Waals surface area contributed by atoms with Gasteiger partial charge in [-0.15, -0.1) is 0 Å². The Labute approximate surface area is 138 Å². The molecule has 5 nitrogen and oxygen atoms in total. The van der Waals surface area contributed by atoms with Crippen molar-refractivity contribution in [2.24, 2.45) is 0 Å². The van der Waals surface area contributed by atoms with Crippen LogP contribution in [0.5, 0.6) is 5.88 Å². The molecule has 1 atom stereocenters. The third kappa shape index (κ3) is 9.68. The number of hydrogen-bond acceptors (Lipinski definition) is 4. The molecule has 0 spiro atoms. The van der Waals surface area contributed by atoms with E-state index in [1.807, 2.05) is 0 Å². The zero-order chi connectivity index (χ0) is 16.9. The molecule has 0 aliphatic rings. The normalized spacial score (nSPS) is 12.4. The lowest BCUT2D eigenvalue weighted by atomic mass is 10.1. The van der Waals surface area contributed by atoms with Crippen LogP contribution in [0.3, 0.4) is 0 Å². The molecule has 1 aromatic heterocycles. The standard InChI is InChI=1S/C18H27NO4/c1-2-3-4-5-6-7-10-16(20)13-12-15-9-8-11-17(19-15)23-14-18(21)22/h8-9,11-13,16,20H,2-7,10,14H2,1H3,(H,21,22)/b13-12+. The predicted molar refractivity (Wildman–Crippen MR) is 90.4 cm³/mol. The highest BCUT2D eigenvalue weighted by Gasteiger charge is 2.02. The Hall–Kier alpha value is -1.88. The first kappa shape index (κ1) is 19.2. The number of rotatable bonds is 12. The zero-order valence-corrected chi connectivity index (χ0v) is 13.8. The van der Waals surface area contributed by atoms with Crippen LogP contribution in [-0.2, 0) is 4.79 Å². The maximum atomic E-state index is 10.5. The maximum absolute atomic E-state index is 10.5. The summed E-state index contributed by atoms with van der Waals surface area (Å²) in [6, 6.07) is 5.12. The Morgan fingerprint density at radius 1 is 1.26 bits per heavy atom. The number of pyridine rings is 1. The largest absolute Gasteiger partial charge is 0.479 e. The lowest BCUT2D eigenvalue weighted by Gasteiger charge is -2.06. The average molecular weight is 321 g/mol. The summed E-state index contributed by atoms with van der Waals surface area (Å²) in [7, 11) is 0. The summed E-state index contributed by atoms with van der Waals surface area (Å²) in [4.78, 5) is 14.6. The van der Waals surface area contributed by atoms with Crippen LogP contribution in [0.4, 0.5) is 0 Å². The molecule has 5 heteroatoms. The molecule has 1 unspecified atom stereocenters. The fraction of sp³-hybridized carbons (Fsp3) is 0.556. The number of aromatic nitrogens is 1. The van der Waals surface area contributed by atoms with Crippen molar-refractivity contribution < 1.29 is 19.7 Å². The predicted octanol–water partition coefficient (Wildman–Crippen LogP) is 3.67. The highest BCUT2D eigenvalue weighted by molar-refractivity contribution is 5.68. The Morgan fingerprint density at radius 3 is 2.74 bits per heavy atom. The summed E-state index contributed by atoms with van der Waals surface area (Å²) in [6.45, 7) is 1.78. The van der Waals surface area contributed by atoms with Crippen LogP contribution in [-0.4, -0.2) is 33.9 Å². The molecule has 1 heterocycles. The van der Waals surface area contributed by atoms with E-state index in [-0.39, 0.29) is 5.88 Å². The first-order valence-electron chi connectivity index (χ1n) is 8.29. The summed E-state index contributed by atoms with van der Waals surface area (Å²) in [5.41, 5.74) is 0.634. The minimum absolute atomic E-state index is 0.264. The van der Waals surface area contributed by atoms with E-state index < -0.39 is 18.7 Å². The summed E-state index contributed by atoms with van der Waals surface area (Å²) >= 11 is 0. The van der Waals surface area contributed by atoms with Gasteiger partial charge in [0.25, 0.3) is 0 Å². The third-order valence-corrected chi connectivity index (χ3v) is 3.43. The van der Waals surface area contributed by atoms with E-state index in [0.717, 1.165) is 19.3 Å². The topological polar surface area (TPSA) is 79.7 Å². The van der Waals surface area contributed by atoms with Gasteiger partial charge in [-0.1, -0.05) is 57.6 Å². The van der Waals surface area contributed by atoms with E-state index in [1.165, 1.54) is 25.7 Å². The highest BCUT2D eigenvalue weighted by Crippen LogP contribution is 2.12. The van der Waals surface area contributed by atoms with Crippen LogP contribution >= 0.6 is 0 Å². The second-order valence-electron chi connectivity index (χ2n) is 5.57. The van der Waals surface area contributed by atoms with Crippen LogP contribution in [0, 0.1) is 0 Å². The number of unbranched alkanes of at least 4 members (excludes halogenated alkanes) is 5. The zero-order valence-electron chi connectivity index (χ0n) is 13.8.